The molecule has 7 heteroatoms. The van der Waals surface area contributed by atoms with Gasteiger partial charge in [-0.25, -0.2) is 9.59 Å². The highest BCUT2D eigenvalue weighted by atomic mass is 16.7. The summed E-state index contributed by atoms with van der Waals surface area (Å²) < 4.78 is 17.6. The molecule has 2 N–H and O–H groups in total. The second-order valence-electron chi connectivity index (χ2n) is 8.14. The Morgan fingerprint density at radius 3 is 2.32 bits per heavy atom. The van der Waals surface area contributed by atoms with Crippen molar-refractivity contribution in [2.45, 2.75) is 32.7 Å². The van der Waals surface area contributed by atoms with Gasteiger partial charge in [-0.15, -0.1) is 0 Å². The highest BCUT2D eigenvalue weighted by Crippen LogP contribution is 2.37. The standard InChI is InChI=1S/C27H26O7/c1-3-27(33-11-12-34-27)20-7-9-22(17(2)13-20)19-6-4-5-18(14-19)16-32-21-8-10-23(25(28)29)24(15-21)26(30)31/h4-10,13-15H,3,11-12,16H2,1-2H3,(H,28,29)(H,30,31). The van der Waals surface area contributed by atoms with Gasteiger partial charge >= 0.3 is 11.9 Å². The Balaban J connectivity index is 1.53. The normalized spacial score (nSPS) is 14.6. The molecule has 1 heterocycles. The molecule has 1 aliphatic heterocycles. The van der Waals surface area contributed by atoms with Crippen LogP contribution in [0, 0.1) is 6.92 Å². The molecule has 0 bridgehead atoms. The van der Waals surface area contributed by atoms with E-state index in [1.165, 1.54) is 18.2 Å². The summed E-state index contributed by atoms with van der Waals surface area (Å²) in [5, 5.41) is 18.5. The third-order valence-electron chi connectivity index (χ3n) is 5.98. The average Bonchev–Trinajstić information content (AvgIpc) is 3.33. The molecular weight excluding hydrogens is 436 g/mol. The van der Waals surface area contributed by atoms with E-state index in [-0.39, 0.29) is 23.5 Å². The quantitative estimate of drug-likeness (QED) is 0.471. The highest BCUT2D eigenvalue weighted by Gasteiger charge is 2.36. The molecule has 0 amide bonds. The molecule has 7 nitrogen and oxygen atoms in total. The topological polar surface area (TPSA) is 102 Å². The fraction of sp³-hybridized carbons (Fsp3) is 0.259. The smallest absolute Gasteiger partial charge is 0.336 e. The van der Waals surface area contributed by atoms with Gasteiger partial charge in [0.1, 0.15) is 12.4 Å². The molecule has 0 spiro atoms. The van der Waals surface area contributed by atoms with Crippen LogP contribution in [0.5, 0.6) is 5.75 Å². The maximum atomic E-state index is 11.4. The molecule has 1 saturated heterocycles. The van der Waals surface area contributed by atoms with E-state index in [0.29, 0.717) is 13.2 Å². The van der Waals surface area contributed by atoms with Crippen molar-refractivity contribution in [3.63, 3.8) is 0 Å². The second kappa shape index (κ2) is 9.67. The predicted octanol–water partition coefficient (Wildman–Crippen LogP) is 5.25. The number of carboxylic acid groups (broad SMARTS) is 2. The third kappa shape index (κ3) is 4.66. The van der Waals surface area contributed by atoms with Crippen LogP contribution in [0.1, 0.15) is 50.8 Å². The van der Waals surface area contributed by atoms with Crippen molar-refractivity contribution in [2.75, 3.05) is 13.2 Å². The van der Waals surface area contributed by atoms with Crippen LogP contribution in [0.15, 0.2) is 60.7 Å². The molecule has 0 atom stereocenters. The molecule has 3 aromatic rings. The minimum atomic E-state index is -1.32. The summed E-state index contributed by atoms with van der Waals surface area (Å²) >= 11 is 0. The minimum absolute atomic E-state index is 0.205. The van der Waals surface area contributed by atoms with Gasteiger partial charge in [-0.2, -0.15) is 0 Å². The van der Waals surface area contributed by atoms with Crippen LogP contribution in [-0.4, -0.2) is 35.4 Å². The minimum Gasteiger partial charge on any atom is -0.489 e. The molecule has 0 radical (unpaired) electrons. The Kier molecular flexibility index (Phi) is 6.68. The zero-order chi connectivity index (χ0) is 24.3. The predicted molar refractivity (Wildman–Crippen MR) is 125 cm³/mol. The van der Waals surface area contributed by atoms with E-state index >= 15 is 0 Å². The summed E-state index contributed by atoms with van der Waals surface area (Å²) in [4.78, 5) is 22.6. The Hall–Kier alpha value is -3.68. The Morgan fingerprint density at radius 1 is 0.941 bits per heavy atom. The van der Waals surface area contributed by atoms with Crippen LogP contribution in [0.3, 0.4) is 0 Å². The maximum absolute atomic E-state index is 11.4. The number of carboxylic acids is 2. The van der Waals surface area contributed by atoms with E-state index in [0.717, 1.165) is 34.2 Å². The number of hydrogen-bond acceptors (Lipinski definition) is 5. The molecule has 1 fully saturated rings. The van der Waals surface area contributed by atoms with E-state index in [9.17, 15) is 14.7 Å². The zero-order valence-electron chi connectivity index (χ0n) is 19.0. The molecule has 3 aromatic carbocycles. The van der Waals surface area contributed by atoms with E-state index in [1.807, 2.05) is 37.3 Å². The first-order valence-corrected chi connectivity index (χ1v) is 11.0. The van der Waals surface area contributed by atoms with Crippen LogP contribution < -0.4 is 4.74 Å². The summed E-state index contributed by atoms with van der Waals surface area (Å²) in [5.74, 6) is -3.00. The Labute approximate surface area is 197 Å². The third-order valence-corrected chi connectivity index (χ3v) is 5.98. The SMILES string of the molecule is CCC1(c2ccc(-c3cccc(COc4ccc(C(=O)O)c(C(=O)O)c4)c3)c(C)c2)OCCO1. The lowest BCUT2D eigenvalue weighted by Crippen LogP contribution is -2.26. The zero-order valence-corrected chi connectivity index (χ0v) is 19.0. The van der Waals surface area contributed by atoms with Crippen molar-refractivity contribution in [1.82, 2.24) is 0 Å². The van der Waals surface area contributed by atoms with E-state index in [4.69, 9.17) is 19.3 Å². The lowest BCUT2D eigenvalue weighted by Gasteiger charge is -2.27. The lowest BCUT2D eigenvalue weighted by molar-refractivity contribution is -0.167. The van der Waals surface area contributed by atoms with Crippen LogP contribution in [0.25, 0.3) is 11.1 Å². The fourth-order valence-electron chi connectivity index (χ4n) is 4.23. The van der Waals surface area contributed by atoms with E-state index < -0.39 is 17.7 Å². The summed E-state index contributed by atoms with van der Waals surface area (Å²) in [6, 6.07) is 18.0. The van der Waals surface area contributed by atoms with Gasteiger partial charge < -0.3 is 24.4 Å². The number of aryl methyl sites for hydroxylation is 1. The molecular formula is C27H26O7. The largest absolute Gasteiger partial charge is 0.489 e. The Bertz CT molecular complexity index is 1230. The summed E-state index contributed by atoms with van der Waals surface area (Å²) in [5.41, 5.74) is 4.51. The van der Waals surface area contributed by atoms with Crippen molar-refractivity contribution in [1.29, 1.82) is 0 Å². The first-order valence-electron chi connectivity index (χ1n) is 11.0. The first-order chi connectivity index (χ1) is 16.3. The van der Waals surface area contributed by atoms with Gasteiger partial charge in [0.15, 0.2) is 5.79 Å². The number of aromatic carboxylic acids is 2. The molecule has 0 aromatic heterocycles. The number of ether oxygens (including phenoxy) is 3. The molecule has 1 aliphatic rings. The monoisotopic (exact) mass is 462 g/mol. The first kappa shape index (κ1) is 23.5. The molecule has 0 aliphatic carbocycles. The van der Waals surface area contributed by atoms with Crippen LogP contribution in [0.4, 0.5) is 0 Å². The summed E-state index contributed by atoms with van der Waals surface area (Å²) in [7, 11) is 0. The molecule has 34 heavy (non-hydrogen) atoms. The Morgan fingerprint density at radius 2 is 1.68 bits per heavy atom. The van der Waals surface area contributed by atoms with Gasteiger partial charge in [0.05, 0.1) is 24.3 Å². The van der Waals surface area contributed by atoms with Gasteiger partial charge in [-0.05, 0) is 53.4 Å². The number of benzene rings is 3. The van der Waals surface area contributed by atoms with Crippen LogP contribution in [0.2, 0.25) is 0 Å². The highest BCUT2D eigenvalue weighted by molar-refractivity contribution is 6.02. The van der Waals surface area contributed by atoms with Gasteiger partial charge in [-0.3, -0.25) is 0 Å². The average molecular weight is 462 g/mol. The van der Waals surface area contributed by atoms with Gasteiger partial charge in [0, 0.05) is 12.0 Å². The number of hydrogen-bond donors (Lipinski definition) is 2. The summed E-state index contributed by atoms with van der Waals surface area (Å²) in [6.45, 7) is 5.48. The van der Waals surface area contributed by atoms with Crippen molar-refractivity contribution in [3.8, 4) is 16.9 Å². The van der Waals surface area contributed by atoms with Crippen molar-refractivity contribution >= 4 is 11.9 Å². The van der Waals surface area contributed by atoms with Crippen molar-refractivity contribution < 1.29 is 34.0 Å². The van der Waals surface area contributed by atoms with Crippen molar-refractivity contribution in [2.24, 2.45) is 0 Å². The molecule has 4 rings (SSSR count). The van der Waals surface area contributed by atoms with Crippen LogP contribution >= 0.6 is 0 Å². The van der Waals surface area contributed by atoms with Gasteiger partial charge in [-0.1, -0.05) is 43.3 Å². The molecule has 176 valence electrons. The lowest BCUT2D eigenvalue weighted by atomic mass is 9.94. The van der Waals surface area contributed by atoms with Gasteiger partial charge in [0.2, 0.25) is 0 Å². The molecule has 0 saturated carbocycles. The fourth-order valence-corrected chi connectivity index (χ4v) is 4.23. The molecule has 0 unspecified atom stereocenters. The van der Waals surface area contributed by atoms with Crippen molar-refractivity contribution in [3.05, 3.63) is 88.5 Å². The maximum Gasteiger partial charge on any atom is 0.336 e. The second-order valence-corrected chi connectivity index (χ2v) is 8.14. The van der Waals surface area contributed by atoms with E-state index in [1.54, 1.807) is 0 Å². The number of rotatable bonds is 8. The van der Waals surface area contributed by atoms with Gasteiger partial charge in [0.25, 0.3) is 0 Å². The number of carbonyl (C=O) groups is 2. The van der Waals surface area contributed by atoms with E-state index in [2.05, 4.69) is 19.1 Å². The summed E-state index contributed by atoms with van der Waals surface area (Å²) in [6.07, 6.45) is 0.732. The van der Waals surface area contributed by atoms with Crippen LogP contribution in [-0.2, 0) is 21.9 Å².